The molecule has 1 heterocycles. The van der Waals surface area contributed by atoms with E-state index in [4.69, 9.17) is 24.2 Å². The van der Waals surface area contributed by atoms with Gasteiger partial charge in [0.25, 0.3) is 0 Å². The Bertz CT molecular complexity index is 1770. The Morgan fingerprint density at radius 2 is 1.64 bits per heavy atom. The number of aliphatic hydroxyl groups excluding tert-OH is 2. The lowest BCUT2D eigenvalue weighted by atomic mass is 9.56. The highest BCUT2D eigenvalue weighted by Gasteiger charge is 2.64. The molecule has 3 aliphatic rings. The van der Waals surface area contributed by atoms with Crippen LogP contribution >= 0.6 is 11.8 Å². The number of allylic oxidation sites excluding steroid dienone is 1. The van der Waals surface area contributed by atoms with Crippen LogP contribution in [0.1, 0.15) is 88.3 Å². The van der Waals surface area contributed by atoms with Gasteiger partial charge in [-0.1, -0.05) is 54.4 Å². The molecule has 6 atom stereocenters. The number of unbranched alkanes of at least 4 members (excludes halogenated alkanes) is 2. The summed E-state index contributed by atoms with van der Waals surface area (Å²) in [5.41, 5.74) is 5.07. The highest BCUT2D eigenvalue weighted by molar-refractivity contribution is 8.00. The number of rotatable bonds is 16. The number of fused-ring (bicyclic) bond motifs is 2. The molecule has 0 amide bonds. The van der Waals surface area contributed by atoms with Crippen LogP contribution in [-0.4, -0.2) is 52.4 Å². The molecule has 2 aliphatic carbocycles. The number of ether oxygens (including phenoxy) is 3. The van der Waals surface area contributed by atoms with E-state index in [9.17, 15) is 10.2 Å². The van der Waals surface area contributed by atoms with E-state index in [1.165, 1.54) is 11.1 Å². The Morgan fingerprint density at radius 1 is 0.925 bits per heavy atom. The molecule has 0 saturated heterocycles. The van der Waals surface area contributed by atoms with Gasteiger partial charge in [0.2, 0.25) is 5.79 Å². The maximum Gasteiger partial charge on any atom is 0.231 e. The highest BCUT2D eigenvalue weighted by atomic mass is 32.2. The first-order chi connectivity index (χ1) is 25.6. The maximum atomic E-state index is 9.90. The lowest BCUT2D eigenvalue weighted by molar-refractivity contribution is -0.223. The van der Waals surface area contributed by atoms with E-state index >= 15 is 0 Å². The maximum absolute atomic E-state index is 9.90. The molecule has 284 valence electrons. The van der Waals surface area contributed by atoms with Crippen LogP contribution in [0.5, 0.6) is 17.2 Å². The first-order valence-corrected chi connectivity index (χ1v) is 20.2. The van der Waals surface area contributed by atoms with E-state index in [0.717, 1.165) is 77.5 Å². The number of aliphatic hydroxyl groups is 2. The second kappa shape index (κ2) is 17.3. The Morgan fingerprint density at radius 3 is 2.34 bits per heavy atom. The van der Waals surface area contributed by atoms with Crippen LogP contribution in [0, 0.1) is 31.6 Å². The van der Waals surface area contributed by atoms with Crippen LogP contribution in [0.3, 0.4) is 0 Å². The van der Waals surface area contributed by atoms with Crippen molar-refractivity contribution in [3.63, 3.8) is 0 Å². The van der Waals surface area contributed by atoms with Crippen molar-refractivity contribution >= 4 is 17.5 Å². The van der Waals surface area contributed by atoms with Crippen molar-refractivity contribution in [1.29, 1.82) is 0 Å². The monoisotopic (exact) mass is 739 g/mol. The topological polar surface area (TPSA) is 89.7 Å². The van der Waals surface area contributed by atoms with Crippen molar-refractivity contribution in [2.45, 2.75) is 107 Å². The van der Waals surface area contributed by atoms with Gasteiger partial charge in [-0.15, -0.1) is 18.3 Å². The Labute approximate surface area is 320 Å². The summed E-state index contributed by atoms with van der Waals surface area (Å²) >= 11 is 1.76. The van der Waals surface area contributed by atoms with Gasteiger partial charge in [0, 0.05) is 36.0 Å². The van der Waals surface area contributed by atoms with Gasteiger partial charge in [-0.25, -0.2) is 0 Å². The molecule has 6 rings (SSSR count). The van der Waals surface area contributed by atoms with Gasteiger partial charge in [-0.2, -0.15) is 0 Å². The minimum atomic E-state index is -1.04. The molecule has 0 spiro atoms. The average Bonchev–Trinajstić information content (AvgIpc) is 3.14. The van der Waals surface area contributed by atoms with Crippen molar-refractivity contribution in [3.8, 4) is 17.2 Å². The van der Waals surface area contributed by atoms with Gasteiger partial charge in [0.15, 0.2) is 0 Å². The lowest BCUT2D eigenvalue weighted by Crippen LogP contribution is -2.64. The first-order valence-electron chi connectivity index (χ1n) is 19.3. The number of oxime groups is 1. The predicted octanol–water partition coefficient (Wildman–Crippen LogP) is 10.3. The molecule has 6 unspecified atom stereocenters. The lowest BCUT2D eigenvalue weighted by Gasteiger charge is -2.58. The third kappa shape index (κ3) is 8.88. The van der Waals surface area contributed by atoms with Crippen LogP contribution < -0.4 is 9.47 Å². The third-order valence-electron chi connectivity index (χ3n) is 10.8. The molecular weight excluding hydrogens is 683 g/mol. The van der Waals surface area contributed by atoms with Crippen LogP contribution in [0.25, 0.3) is 0 Å². The van der Waals surface area contributed by atoms with E-state index in [0.29, 0.717) is 13.0 Å². The van der Waals surface area contributed by atoms with Gasteiger partial charge in [-0.05, 0) is 131 Å². The van der Waals surface area contributed by atoms with Crippen LogP contribution in [0.2, 0.25) is 0 Å². The summed E-state index contributed by atoms with van der Waals surface area (Å²) in [7, 11) is 0. The van der Waals surface area contributed by atoms with Gasteiger partial charge in [0.1, 0.15) is 22.8 Å². The van der Waals surface area contributed by atoms with Crippen LogP contribution in [0.15, 0.2) is 101 Å². The van der Waals surface area contributed by atoms with Crippen molar-refractivity contribution in [1.82, 2.24) is 0 Å². The zero-order valence-electron chi connectivity index (χ0n) is 32.1. The van der Waals surface area contributed by atoms with Crippen molar-refractivity contribution in [2.24, 2.45) is 22.9 Å². The first kappa shape index (κ1) is 39.1. The smallest absolute Gasteiger partial charge is 0.231 e. The van der Waals surface area contributed by atoms with E-state index in [1.54, 1.807) is 11.8 Å². The summed E-state index contributed by atoms with van der Waals surface area (Å²) in [5.74, 6) is 1.52. The third-order valence-corrected chi connectivity index (χ3v) is 12.1. The zero-order chi connectivity index (χ0) is 37.6. The second-order valence-electron chi connectivity index (χ2n) is 15.7. The fraction of sp³-hybridized carbons (Fsp3) is 0.489. The van der Waals surface area contributed by atoms with Gasteiger partial charge in [0.05, 0.1) is 23.5 Å². The predicted molar refractivity (Wildman–Crippen MR) is 214 cm³/mol. The van der Waals surface area contributed by atoms with E-state index in [1.807, 2.05) is 45.0 Å². The minimum Gasteiger partial charge on any atom is -0.460 e. The summed E-state index contributed by atoms with van der Waals surface area (Å²) in [6.45, 7) is 15.0. The molecule has 1 fully saturated rings. The Kier molecular flexibility index (Phi) is 12.8. The Hall–Kier alpha value is -3.56. The average molecular weight is 740 g/mol. The zero-order valence-corrected chi connectivity index (χ0v) is 32.9. The molecule has 1 saturated carbocycles. The molecular formula is C45H57NO6S. The summed E-state index contributed by atoms with van der Waals surface area (Å²) in [6, 6.07) is 22.9. The van der Waals surface area contributed by atoms with Crippen molar-refractivity contribution < 1.29 is 29.3 Å². The quantitative estimate of drug-likeness (QED) is 0.0859. The number of benzene rings is 3. The molecule has 8 heteroatoms. The number of hydrogen-bond donors (Lipinski definition) is 2. The van der Waals surface area contributed by atoms with E-state index in [2.05, 4.69) is 75.0 Å². The second-order valence-corrected chi connectivity index (χ2v) is 17.0. The molecule has 0 radical (unpaired) electrons. The molecule has 1 aliphatic heterocycles. The fourth-order valence-electron chi connectivity index (χ4n) is 8.26. The van der Waals surface area contributed by atoms with Crippen LogP contribution in [0.4, 0.5) is 0 Å². The molecule has 7 nitrogen and oxygen atoms in total. The fourth-order valence-corrected chi connectivity index (χ4v) is 9.57. The van der Waals surface area contributed by atoms with Crippen molar-refractivity contribution in [3.05, 3.63) is 108 Å². The van der Waals surface area contributed by atoms with Crippen molar-refractivity contribution in [2.75, 3.05) is 19.8 Å². The number of aryl methyl sites for hydroxylation is 2. The molecule has 0 bridgehead atoms. The molecule has 3 aromatic rings. The minimum absolute atomic E-state index is 0.0105. The largest absolute Gasteiger partial charge is 0.460 e. The number of hydrogen-bond acceptors (Lipinski definition) is 8. The van der Waals surface area contributed by atoms with E-state index in [-0.39, 0.29) is 42.1 Å². The normalized spacial score (nSPS) is 25.5. The molecule has 0 aromatic heterocycles. The summed E-state index contributed by atoms with van der Waals surface area (Å²) < 4.78 is 20.9. The standard InChI is InChI=1S/C45H57NO6S/c1-7-25-49-45-41(53-35-16-9-8-10-17-35)29-39(46-52-44(4,5)6)37-27-32(15-11-13-23-47)36(18-12-14-24-48)42(43(37)45)38-28-34(21-22-40(38)51-45)50-33-20-19-30(2)31(3)26-33/h7-10,16-17,19-22,26-28,32,36,41-43,47-48H,1,11-15,18,23-25,29H2,2-6H3. The number of nitrogens with zero attached hydrogens (tertiary/aromatic N) is 1. The van der Waals surface area contributed by atoms with E-state index < -0.39 is 11.4 Å². The summed E-state index contributed by atoms with van der Waals surface area (Å²) in [4.78, 5) is 7.35. The molecule has 2 N–H and O–H groups in total. The van der Waals surface area contributed by atoms with Gasteiger partial charge in [-0.3, -0.25) is 0 Å². The number of thioether (sulfide) groups is 1. The molecule has 53 heavy (non-hydrogen) atoms. The Balaban J connectivity index is 1.56. The summed E-state index contributed by atoms with van der Waals surface area (Å²) in [5, 5.41) is 24.5. The highest BCUT2D eigenvalue weighted by Crippen LogP contribution is 2.63. The van der Waals surface area contributed by atoms with Gasteiger partial charge < -0.3 is 29.3 Å². The van der Waals surface area contributed by atoms with Crippen LogP contribution in [-0.2, 0) is 9.57 Å². The summed E-state index contributed by atoms with van der Waals surface area (Å²) in [6.07, 6.45) is 9.99. The molecule has 3 aromatic carbocycles. The van der Waals surface area contributed by atoms with Gasteiger partial charge >= 0.3 is 0 Å². The SMILES string of the molecule is C=CCOC12Oc3ccc(Oc4ccc(C)c(C)c4)cc3C3C(CCCCO)C(CCCCO)C=C(C(=NOC(C)(C)C)CC1Sc1ccccc1)C32.